The first-order chi connectivity index (χ1) is 18.0. The number of fused-ring (bicyclic) bond motifs is 2. The van der Waals surface area contributed by atoms with Gasteiger partial charge in [-0.3, -0.25) is 24.8 Å². The average Bonchev–Trinajstić information content (AvgIpc) is 3.62. The van der Waals surface area contributed by atoms with Gasteiger partial charge < -0.3 is 10.3 Å². The molecule has 0 radical (unpaired) electrons. The summed E-state index contributed by atoms with van der Waals surface area (Å²) in [6, 6.07) is 5.63. The van der Waals surface area contributed by atoms with Gasteiger partial charge in [-0.2, -0.15) is 5.10 Å². The van der Waals surface area contributed by atoms with Crippen LogP contribution in [0.3, 0.4) is 0 Å². The Morgan fingerprint density at radius 3 is 2.78 bits per heavy atom. The lowest BCUT2D eigenvalue weighted by Gasteiger charge is -2.09. The number of carbonyl (C=O) groups excluding carboxylic acids is 1. The van der Waals surface area contributed by atoms with Gasteiger partial charge in [-0.15, -0.1) is 11.3 Å². The first kappa shape index (κ1) is 22.9. The molecule has 3 N–H and O–H groups in total. The molecule has 0 aliphatic carbocycles. The monoisotopic (exact) mass is 512 g/mol. The van der Waals surface area contributed by atoms with Gasteiger partial charge in [0, 0.05) is 34.8 Å². The third-order valence-electron chi connectivity index (χ3n) is 5.84. The largest absolute Gasteiger partial charge is 0.335 e. The highest BCUT2D eigenvalue weighted by Gasteiger charge is 2.21. The van der Waals surface area contributed by atoms with E-state index in [0.717, 1.165) is 21.5 Å². The van der Waals surface area contributed by atoms with Crippen LogP contribution in [0.15, 0.2) is 54.6 Å². The van der Waals surface area contributed by atoms with Gasteiger partial charge in [0.25, 0.3) is 0 Å². The predicted molar refractivity (Wildman–Crippen MR) is 141 cm³/mol. The summed E-state index contributed by atoms with van der Waals surface area (Å²) >= 11 is 1.59. The lowest BCUT2D eigenvalue weighted by Crippen LogP contribution is -2.14. The van der Waals surface area contributed by atoms with Gasteiger partial charge >= 0.3 is 0 Å². The number of thiophene rings is 1. The van der Waals surface area contributed by atoms with E-state index in [0.29, 0.717) is 34.7 Å². The summed E-state index contributed by atoms with van der Waals surface area (Å²) in [5.41, 5.74) is 4.11. The summed E-state index contributed by atoms with van der Waals surface area (Å²) in [5, 5.41) is 12.3. The summed E-state index contributed by atoms with van der Waals surface area (Å²) in [6.45, 7) is 3.93. The predicted octanol–water partition coefficient (Wildman–Crippen LogP) is 5.81. The second-order valence-electron chi connectivity index (χ2n) is 9.04. The van der Waals surface area contributed by atoms with Crippen molar-refractivity contribution in [3.63, 3.8) is 0 Å². The van der Waals surface area contributed by atoms with Crippen LogP contribution in [0, 0.1) is 11.7 Å². The number of imidazole rings is 1. The lowest BCUT2D eigenvalue weighted by atomic mass is 10.1. The Kier molecular flexibility index (Phi) is 5.68. The van der Waals surface area contributed by atoms with Crippen LogP contribution in [0.25, 0.3) is 55.2 Å². The molecule has 0 aromatic carbocycles. The number of H-pyrrole nitrogens is 2. The number of carbonyl (C=O) groups is 1. The zero-order chi connectivity index (χ0) is 25.5. The number of hydrogen-bond acceptors (Lipinski definition) is 7. The van der Waals surface area contributed by atoms with Gasteiger partial charge in [-0.05, 0) is 23.4 Å². The van der Waals surface area contributed by atoms with Gasteiger partial charge in [-0.1, -0.05) is 19.9 Å². The van der Waals surface area contributed by atoms with E-state index < -0.39 is 5.82 Å². The molecule has 0 unspecified atom stereocenters. The van der Waals surface area contributed by atoms with Crippen LogP contribution in [0.2, 0.25) is 0 Å². The molecular formula is C26H21FN8OS. The van der Waals surface area contributed by atoms with E-state index >= 15 is 4.39 Å². The highest BCUT2D eigenvalue weighted by Crippen LogP contribution is 2.35. The maximum Gasteiger partial charge on any atom is 0.224 e. The maximum atomic E-state index is 16.0. The number of amides is 1. The Labute approximate surface area is 214 Å². The number of hydrogen-bond donors (Lipinski definition) is 3. The van der Waals surface area contributed by atoms with Crippen molar-refractivity contribution in [3.05, 3.63) is 60.4 Å². The quantitative estimate of drug-likeness (QED) is 0.259. The van der Waals surface area contributed by atoms with Crippen molar-refractivity contribution < 1.29 is 9.18 Å². The standard InChI is InChI=1S/C26H21FN8OS/c1-13(2)6-20(36)31-15-7-14(8-28-9-15)23-22(27)21-17(12-30-23)34-35-25(21)26-32-18-11-29-10-16(24(18)33-26)19-4-3-5-37-19/h3-5,7-13H,6H2,1-2H3,(H,31,36)(H,32,33)(H,34,35). The van der Waals surface area contributed by atoms with Crippen LogP contribution in [0.1, 0.15) is 20.3 Å². The first-order valence-corrected chi connectivity index (χ1v) is 12.5. The minimum Gasteiger partial charge on any atom is -0.335 e. The molecule has 37 heavy (non-hydrogen) atoms. The second kappa shape index (κ2) is 9.17. The molecule has 0 saturated heterocycles. The number of rotatable bonds is 6. The van der Waals surface area contributed by atoms with Crippen LogP contribution in [0.5, 0.6) is 0 Å². The molecule has 0 saturated carbocycles. The van der Waals surface area contributed by atoms with Crippen molar-refractivity contribution in [2.75, 3.05) is 5.32 Å². The fraction of sp³-hybridized carbons (Fsp3) is 0.154. The molecule has 9 nitrogen and oxygen atoms in total. The van der Waals surface area contributed by atoms with Crippen LogP contribution in [-0.2, 0) is 4.79 Å². The molecule has 0 aliphatic heterocycles. The summed E-state index contributed by atoms with van der Waals surface area (Å²) in [7, 11) is 0. The smallest absolute Gasteiger partial charge is 0.224 e. The number of pyridine rings is 3. The normalized spacial score (nSPS) is 11.6. The van der Waals surface area contributed by atoms with E-state index in [-0.39, 0.29) is 22.9 Å². The van der Waals surface area contributed by atoms with Crippen LogP contribution >= 0.6 is 11.3 Å². The van der Waals surface area contributed by atoms with Gasteiger partial charge in [0.05, 0.1) is 40.7 Å². The molecule has 0 bridgehead atoms. The molecule has 6 aromatic rings. The molecule has 6 aromatic heterocycles. The molecule has 6 heterocycles. The summed E-state index contributed by atoms with van der Waals surface area (Å²) in [4.78, 5) is 34.0. The molecule has 1 amide bonds. The number of anilines is 1. The summed E-state index contributed by atoms with van der Waals surface area (Å²) < 4.78 is 16.0. The highest BCUT2D eigenvalue weighted by molar-refractivity contribution is 7.13. The van der Waals surface area contributed by atoms with Gasteiger partial charge in [0.2, 0.25) is 5.91 Å². The topological polar surface area (TPSA) is 125 Å². The van der Waals surface area contributed by atoms with Crippen LogP contribution in [0.4, 0.5) is 10.1 Å². The lowest BCUT2D eigenvalue weighted by molar-refractivity contribution is -0.116. The third-order valence-corrected chi connectivity index (χ3v) is 6.74. The molecule has 0 spiro atoms. The fourth-order valence-electron chi connectivity index (χ4n) is 4.23. The Morgan fingerprint density at radius 1 is 1.11 bits per heavy atom. The van der Waals surface area contributed by atoms with Crippen molar-refractivity contribution in [1.29, 1.82) is 0 Å². The second-order valence-corrected chi connectivity index (χ2v) is 9.98. The minimum absolute atomic E-state index is 0.0969. The van der Waals surface area contributed by atoms with E-state index in [2.05, 4.69) is 35.5 Å². The molecule has 11 heteroatoms. The Morgan fingerprint density at radius 2 is 1.97 bits per heavy atom. The van der Waals surface area contributed by atoms with Gasteiger partial charge in [0.15, 0.2) is 11.6 Å². The van der Waals surface area contributed by atoms with Crippen LogP contribution < -0.4 is 5.32 Å². The van der Waals surface area contributed by atoms with E-state index in [1.807, 2.05) is 31.4 Å². The molecular weight excluding hydrogens is 491 g/mol. The third kappa shape index (κ3) is 4.23. The fourth-order valence-corrected chi connectivity index (χ4v) is 4.96. The molecule has 0 fully saturated rings. The molecule has 0 atom stereocenters. The Balaban J connectivity index is 1.42. The number of halogens is 1. The van der Waals surface area contributed by atoms with Crippen LogP contribution in [-0.4, -0.2) is 41.0 Å². The van der Waals surface area contributed by atoms with Crippen molar-refractivity contribution in [2.24, 2.45) is 5.92 Å². The number of aromatic amines is 2. The van der Waals surface area contributed by atoms with Crippen molar-refractivity contribution >= 4 is 44.9 Å². The number of nitrogens with one attached hydrogen (secondary N) is 3. The van der Waals surface area contributed by atoms with E-state index in [1.54, 1.807) is 29.8 Å². The number of aromatic nitrogens is 7. The van der Waals surface area contributed by atoms with E-state index in [1.165, 1.54) is 18.6 Å². The van der Waals surface area contributed by atoms with Gasteiger partial charge in [0.1, 0.15) is 16.9 Å². The maximum absolute atomic E-state index is 16.0. The zero-order valence-electron chi connectivity index (χ0n) is 19.9. The van der Waals surface area contributed by atoms with Crippen molar-refractivity contribution in [3.8, 4) is 33.2 Å². The first-order valence-electron chi connectivity index (χ1n) is 11.6. The average molecular weight is 513 g/mol. The SMILES string of the molecule is CC(C)CC(=O)Nc1cncc(-c2ncc3[nH]nc(-c4nc5c(-c6cccs6)cncc5[nH]4)c3c2F)c1. The number of nitrogens with zero attached hydrogens (tertiary/aromatic N) is 5. The Bertz CT molecular complexity index is 1760. The van der Waals surface area contributed by atoms with Crippen molar-refractivity contribution in [2.45, 2.75) is 20.3 Å². The van der Waals surface area contributed by atoms with E-state index in [9.17, 15) is 4.79 Å². The zero-order valence-corrected chi connectivity index (χ0v) is 20.7. The van der Waals surface area contributed by atoms with Crippen molar-refractivity contribution in [1.82, 2.24) is 35.1 Å². The van der Waals surface area contributed by atoms with E-state index in [4.69, 9.17) is 4.98 Å². The minimum atomic E-state index is -0.564. The molecule has 184 valence electrons. The molecule has 6 rings (SSSR count). The highest BCUT2D eigenvalue weighted by atomic mass is 32.1. The van der Waals surface area contributed by atoms with Gasteiger partial charge in [-0.25, -0.2) is 9.37 Å². The summed E-state index contributed by atoms with van der Waals surface area (Å²) in [6.07, 6.45) is 8.39. The molecule has 0 aliphatic rings. The Hall–Kier alpha value is -4.51. The summed E-state index contributed by atoms with van der Waals surface area (Å²) in [5.74, 6) is -0.0643.